The predicted octanol–water partition coefficient (Wildman–Crippen LogP) is 6.17. The Hall–Kier alpha value is -2.73. The Labute approximate surface area is 191 Å². The zero-order valence-corrected chi connectivity index (χ0v) is 19.4. The van der Waals surface area contributed by atoms with E-state index in [1.807, 2.05) is 30.3 Å². The van der Waals surface area contributed by atoms with Crippen LogP contribution in [0, 0.1) is 0 Å². The molecule has 1 heterocycles. The lowest BCUT2D eigenvalue weighted by Gasteiger charge is -2.07. The van der Waals surface area contributed by atoms with E-state index in [9.17, 15) is 9.90 Å². The van der Waals surface area contributed by atoms with E-state index < -0.39 is 5.97 Å². The van der Waals surface area contributed by atoms with Gasteiger partial charge in [0.15, 0.2) is 11.6 Å². The SMILES string of the molecule is CCCCCCC=C(C(=O)O)c1ccc(-c2ncc(OCCCCOCCC)cn2)cc1. The Bertz CT molecular complexity index is 817. The van der Waals surface area contributed by atoms with Crippen LogP contribution in [0.3, 0.4) is 0 Å². The molecule has 6 heteroatoms. The number of rotatable bonds is 16. The molecule has 0 atom stereocenters. The number of carbonyl (C=O) groups is 1. The molecule has 1 aromatic carbocycles. The standard InChI is InChI=1S/C26H36N2O4/c1-3-5-6-7-8-11-24(26(29)30)21-12-14-22(15-13-21)25-27-19-23(20-28-25)32-18-10-9-17-31-16-4-2/h11-15,19-20H,3-10,16-18H2,1-2H3,(H,29,30). The van der Waals surface area contributed by atoms with Gasteiger partial charge < -0.3 is 14.6 Å². The number of allylic oxidation sites excluding steroid dienone is 1. The monoisotopic (exact) mass is 440 g/mol. The number of hydrogen-bond donors (Lipinski definition) is 1. The first-order valence-electron chi connectivity index (χ1n) is 11.7. The highest BCUT2D eigenvalue weighted by Gasteiger charge is 2.11. The third-order valence-corrected chi connectivity index (χ3v) is 5.02. The Kier molecular flexibility index (Phi) is 12.1. The average Bonchev–Trinajstić information content (AvgIpc) is 2.81. The molecule has 0 aliphatic carbocycles. The zero-order chi connectivity index (χ0) is 23.0. The highest BCUT2D eigenvalue weighted by Crippen LogP contribution is 2.22. The van der Waals surface area contributed by atoms with E-state index >= 15 is 0 Å². The first-order valence-corrected chi connectivity index (χ1v) is 11.7. The van der Waals surface area contributed by atoms with E-state index in [0.717, 1.165) is 57.3 Å². The second-order valence-corrected chi connectivity index (χ2v) is 7.76. The topological polar surface area (TPSA) is 81.5 Å². The van der Waals surface area contributed by atoms with Gasteiger partial charge in [-0.25, -0.2) is 14.8 Å². The summed E-state index contributed by atoms with van der Waals surface area (Å²) in [5.41, 5.74) is 1.87. The van der Waals surface area contributed by atoms with Crippen LogP contribution in [0.4, 0.5) is 0 Å². The molecule has 0 radical (unpaired) electrons. The van der Waals surface area contributed by atoms with Gasteiger partial charge in [-0.3, -0.25) is 0 Å². The summed E-state index contributed by atoms with van der Waals surface area (Å²) in [4.78, 5) is 20.4. The van der Waals surface area contributed by atoms with E-state index in [-0.39, 0.29) is 0 Å². The molecule has 0 amide bonds. The van der Waals surface area contributed by atoms with Crippen LogP contribution in [0.1, 0.15) is 70.8 Å². The molecule has 2 aromatic rings. The first kappa shape index (κ1) is 25.5. The zero-order valence-electron chi connectivity index (χ0n) is 19.4. The largest absolute Gasteiger partial charge is 0.490 e. The number of aliphatic carboxylic acids is 1. The van der Waals surface area contributed by atoms with Crippen LogP contribution in [-0.2, 0) is 9.53 Å². The molecule has 1 aromatic heterocycles. The van der Waals surface area contributed by atoms with Gasteiger partial charge in [-0.1, -0.05) is 63.5 Å². The lowest BCUT2D eigenvalue weighted by molar-refractivity contribution is -0.130. The quantitative estimate of drug-likeness (QED) is 0.248. The van der Waals surface area contributed by atoms with E-state index in [1.54, 1.807) is 12.4 Å². The summed E-state index contributed by atoms with van der Waals surface area (Å²) in [7, 11) is 0. The van der Waals surface area contributed by atoms with E-state index in [1.165, 1.54) is 12.8 Å². The average molecular weight is 441 g/mol. The van der Waals surface area contributed by atoms with Crippen molar-refractivity contribution < 1.29 is 19.4 Å². The highest BCUT2D eigenvalue weighted by molar-refractivity contribution is 6.15. The summed E-state index contributed by atoms with van der Waals surface area (Å²) in [6.45, 7) is 6.44. The smallest absolute Gasteiger partial charge is 0.335 e. The minimum atomic E-state index is -0.900. The molecule has 1 N–H and O–H groups in total. The van der Waals surface area contributed by atoms with Crippen molar-refractivity contribution in [1.29, 1.82) is 0 Å². The molecule has 6 nitrogen and oxygen atoms in total. The van der Waals surface area contributed by atoms with Crippen molar-refractivity contribution in [2.24, 2.45) is 0 Å². The summed E-state index contributed by atoms with van der Waals surface area (Å²) in [6, 6.07) is 7.34. The van der Waals surface area contributed by atoms with Crippen molar-refractivity contribution >= 4 is 11.5 Å². The van der Waals surface area contributed by atoms with E-state index in [4.69, 9.17) is 9.47 Å². The van der Waals surface area contributed by atoms with Crippen molar-refractivity contribution in [3.63, 3.8) is 0 Å². The van der Waals surface area contributed by atoms with Gasteiger partial charge in [0.05, 0.1) is 24.6 Å². The van der Waals surface area contributed by atoms with Crippen molar-refractivity contribution in [3.8, 4) is 17.1 Å². The summed E-state index contributed by atoms with van der Waals surface area (Å²) >= 11 is 0. The van der Waals surface area contributed by atoms with Crippen LogP contribution in [0.25, 0.3) is 17.0 Å². The molecule has 0 saturated heterocycles. The van der Waals surface area contributed by atoms with Crippen molar-refractivity contribution in [1.82, 2.24) is 9.97 Å². The maximum atomic E-state index is 11.7. The summed E-state index contributed by atoms with van der Waals surface area (Å²) < 4.78 is 11.1. The van der Waals surface area contributed by atoms with Crippen molar-refractivity contribution in [2.45, 2.75) is 65.2 Å². The molecule has 174 valence electrons. The maximum Gasteiger partial charge on any atom is 0.335 e. The number of ether oxygens (including phenoxy) is 2. The Morgan fingerprint density at radius 3 is 2.28 bits per heavy atom. The fraction of sp³-hybridized carbons (Fsp3) is 0.500. The molecular formula is C26H36N2O4. The summed E-state index contributed by atoms with van der Waals surface area (Å²) in [5, 5.41) is 9.58. The molecule has 2 rings (SSSR count). The van der Waals surface area contributed by atoms with Gasteiger partial charge in [-0.15, -0.1) is 0 Å². The van der Waals surface area contributed by atoms with Crippen molar-refractivity contribution in [2.75, 3.05) is 19.8 Å². The van der Waals surface area contributed by atoms with E-state index in [2.05, 4.69) is 23.8 Å². The highest BCUT2D eigenvalue weighted by atomic mass is 16.5. The molecule has 0 spiro atoms. The number of unbranched alkanes of at least 4 members (excludes halogenated alkanes) is 5. The molecule has 0 fully saturated rings. The van der Waals surface area contributed by atoms with Gasteiger partial charge in [0.1, 0.15) is 0 Å². The normalized spacial score (nSPS) is 11.5. The van der Waals surface area contributed by atoms with Crippen molar-refractivity contribution in [3.05, 3.63) is 48.3 Å². The molecule has 0 unspecified atom stereocenters. The number of aromatic nitrogens is 2. The lowest BCUT2D eigenvalue weighted by atomic mass is 10.0. The van der Waals surface area contributed by atoms with Gasteiger partial charge in [-0.05, 0) is 37.7 Å². The molecule has 0 saturated carbocycles. The van der Waals surface area contributed by atoms with Gasteiger partial charge in [-0.2, -0.15) is 0 Å². The predicted molar refractivity (Wildman–Crippen MR) is 128 cm³/mol. The third kappa shape index (κ3) is 9.18. The maximum absolute atomic E-state index is 11.7. The number of hydrogen-bond acceptors (Lipinski definition) is 5. The minimum Gasteiger partial charge on any atom is -0.490 e. The summed E-state index contributed by atoms with van der Waals surface area (Å²) in [5.74, 6) is 0.319. The molecule has 32 heavy (non-hydrogen) atoms. The Morgan fingerprint density at radius 1 is 0.906 bits per heavy atom. The van der Waals surface area contributed by atoms with Gasteiger partial charge >= 0.3 is 5.97 Å². The molecule has 0 aliphatic rings. The molecular weight excluding hydrogens is 404 g/mol. The van der Waals surface area contributed by atoms with Gasteiger partial charge in [0.25, 0.3) is 0 Å². The van der Waals surface area contributed by atoms with Gasteiger partial charge in [0, 0.05) is 18.8 Å². The van der Waals surface area contributed by atoms with Crippen LogP contribution in [0.15, 0.2) is 42.7 Å². The number of carboxylic acid groups (broad SMARTS) is 1. The van der Waals surface area contributed by atoms with Crippen LogP contribution < -0.4 is 4.74 Å². The number of benzene rings is 1. The fourth-order valence-corrected chi connectivity index (χ4v) is 3.23. The number of nitrogens with zero attached hydrogens (tertiary/aromatic N) is 2. The molecule has 0 bridgehead atoms. The lowest BCUT2D eigenvalue weighted by Crippen LogP contribution is -2.02. The molecule has 0 aliphatic heterocycles. The Morgan fingerprint density at radius 2 is 1.62 bits per heavy atom. The van der Waals surface area contributed by atoms with Crippen LogP contribution in [-0.4, -0.2) is 40.9 Å². The van der Waals surface area contributed by atoms with E-state index in [0.29, 0.717) is 29.3 Å². The van der Waals surface area contributed by atoms with Crippen LogP contribution >= 0.6 is 0 Å². The van der Waals surface area contributed by atoms with Gasteiger partial charge in [0.2, 0.25) is 0 Å². The van der Waals surface area contributed by atoms with Crippen LogP contribution in [0.5, 0.6) is 5.75 Å². The van der Waals surface area contributed by atoms with Crippen LogP contribution in [0.2, 0.25) is 0 Å². The third-order valence-electron chi connectivity index (χ3n) is 5.02. The number of carboxylic acids is 1. The fourth-order valence-electron chi connectivity index (χ4n) is 3.23. The minimum absolute atomic E-state index is 0.345. The second-order valence-electron chi connectivity index (χ2n) is 7.76. The summed E-state index contributed by atoms with van der Waals surface area (Å²) in [6.07, 6.45) is 13.4. The second kappa shape index (κ2) is 15.1. The first-order chi connectivity index (χ1) is 15.7. The Balaban J connectivity index is 1.88.